The molecule has 4 nitrogen and oxygen atoms in total. The summed E-state index contributed by atoms with van der Waals surface area (Å²) in [6.45, 7) is 2.20. The molecule has 1 aromatic heterocycles. The Hall–Kier alpha value is -2.59. The molecule has 3 aromatic rings. The molecule has 0 aliphatic heterocycles. The monoisotopic (exact) mass is 340 g/mol. The van der Waals surface area contributed by atoms with Gasteiger partial charge in [-0.25, -0.2) is 0 Å². The molecule has 0 fully saturated rings. The summed E-state index contributed by atoms with van der Waals surface area (Å²) < 4.78 is 0. The Balaban J connectivity index is 1.69. The lowest BCUT2D eigenvalue weighted by Crippen LogP contribution is -2.24. The maximum Gasteiger partial charge on any atom is 0.251 e. The summed E-state index contributed by atoms with van der Waals surface area (Å²) in [4.78, 5) is 26.5. The van der Waals surface area contributed by atoms with Crippen LogP contribution in [0.3, 0.4) is 0 Å². The molecule has 2 N–H and O–H groups in total. The number of aromatic amines is 1. The first-order valence-electron chi connectivity index (χ1n) is 7.65. The van der Waals surface area contributed by atoms with Crippen molar-refractivity contribution >= 4 is 28.4 Å². The Morgan fingerprint density at radius 3 is 2.75 bits per heavy atom. The van der Waals surface area contributed by atoms with Crippen LogP contribution < -0.4 is 10.9 Å². The molecular formula is C19H17ClN2O2. The van der Waals surface area contributed by atoms with Gasteiger partial charge in [-0.2, -0.15) is 0 Å². The van der Waals surface area contributed by atoms with Gasteiger partial charge in [-0.15, -0.1) is 0 Å². The Morgan fingerprint density at radius 2 is 1.96 bits per heavy atom. The van der Waals surface area contributed by atoms with Gasteiger partial charge in [0.05, 0.1) is 6.42 Å². The number of benzene rings is 2. The summed E-state index contributed by atoms with van der Waals surface area (Å²) in [6, 6.07) is 14.9. The molecule has 122 valence electrons. The van der Waals surface area contributed by atoms with Gasteiger partial charge in [-0.3, -0.25) is 9.59 Å². The summed E-state index contributed by atoms with van der Waals surface area (Å²) >= 11 is 6.07. The fourth-order valence-electron chi connectivity index (χ4n) is 2.55. The number of aromatic nitrogens is 1. The van der Waals surface area contributed by atoms with E-state index < -0.39 is 0 Å². The summed E-state index contributed by atoms with van der Waals surface area (Å²) in [6.07, 6.45) is 0.250. The van der Waals surface area contributed by atoms with Crippen LogP contribution in [0.5, 0.6) is 0 Å². The lowest BCUT2D eigenvalue weighted by atomic mass is 10.1. The molecule has 1 amide bonds. The lowest BCUT2D eigenvalue weighted by molar-refractivity contribution is -0.120. The molecule has 1 heterocycles. The maximum atomic E-state index is 12.1. The van der Waals surface area contributed by atoms with E-state index >= 15 is 0 Å². The van der Waals surface area contributed by atoms with Crippen molar-refractivity contribution in [3.8, 4) is 0 Å². The van der Waals surface area contributed by atoms with Crippen LogP contribution in [0.25, 0.3) is 10.9 Å². The van der Waals surface area contributed by atoms with E-state index in [4.69, 9.17) is 11.6 Å². The second kappa shape index (κ2) is 6.89. The topological polar surface area (TPSA) is 62.0 Å². The van der Waals surface area contributed by atoms with E-state index in [9.17, 15) is 9.59 Å². The van der Waals surface area contributed by atoms with E-state index in [1.165, 1.54) is 0 Å². The molecular weight excluding hydrogens is 324 g/mol. The van der Waals surface area contributed by atoms with Crippen LogP contribution >= 0.6 is 11.6 Å². The van der Waals surface area contributed by atoms with Crippen LogP contribution in [0.1, 0.15) is 16.7 Å². The molecule has 0 saturated heterocycles. The average molecular weight is 341 g/mol. The molecule has 0 unspecified atom stereocenters. The van der Waals surface area contributed by atoms with Crippen molar-refractivity contribution in [2.24, 2.45) is 0 Å². The van der Waals surface area contributed by atoms with E-state index in [0.717, 1.165) is 22.0 Å². The van der Waals surface area contributed by atoms with E-state index in [1.54, 1.807) is 13.0 Å². The average Bonchev–Trinajstić information content (AvgIpc) is 2.56. The number of carbonyl (C=O) groups is 1. The second-order valence-electron chi connectivity index (χ2n) is 5.75. The molecule has 0 radical (unpaired) electrons. The summed E-state index contributed by atoms with van der Waals surface area (Å²) in [5, 5.41) is 4.44. The number of amides is 1. The first-order chi connectivity index (χ1) is 11.5. The number of rotatable bonds is 4. The summed E-state index contributed by atoms with van der Waals surface area (Å²) in [5.41, 5.74) is 3.16. The predicted molar refractivity (Wildman–Crippen MR) is 96.3 cm³/mol. The quantitative estimate of drug-likeness (QED) is 0.765. The van der Waals surface area contributed by atoms with Gasteiger partial charge >= 0.3 is 0 Å². The maximum absolute atomic E-state index is 12.1. The number of pyridine rings is 1. The van der Waals surface area contributed by atoms with E-state index in [0.29, 0.717) is 17.1 Å². The van der Waals surface area contributed by atoms with Crippen LogP contribution in [-0.2, 0) is 17.8 Å². The van der Waals surface area contributed by atoms with Gasteiger partial charge in [0.15, 0.2) is 0 Å². The zero-order valence-electron chi connectivity index (χ0n) is 13.2. The lowest BCUT2D eigenvalue weighted by Gasteiger charge is -2.08. The first kappa shape index (κ1) is 16.3. The van der Waals surface area contributed by atoms with Crippen LogP contribution in [0, 0.1) is 6.92 Å². The molecule has 2 aromatic carbocycles. The molecule has 0 bridgehead atoms. The highest BCUT2D eigenvalue weighted by Crippen LogP contribution is 2.16. The van der Waals surface area contributed by atoms with Gasteiger partial charge in [-0.05, 0) is 47.7 Å². The van der Waals surface area contributed by atoms with E-state index in [-0.39, 0.29) is 17.9 Å². The number of aryl methyl sites for hydroxylation is 1. The molecule has 0 aliphatic carbocycles. The fraction of sp³-hybridized carbons (Fsp3) is 0.158. The fourth-order valence-corrected chi connectivity index (χ4v) is 2.76. The minimum atomic E-state index is -0.0825. The largest absolute Gasteiger partial charge is 0.352 e. The number of nitrogens with one attached hydrogen (secondary N) is 2. The van der Waals surface area contributed by atoms with Crippen molar-refractivity contribution in [1.29, 1.82) is 0 Å². The zero-order chi connectivity index (χ0) is 17.1. The number of carbonyl (C=O) groups excluding carboxylic acids is 1. The van der Waals surface area contributed by atoms with Gasteiger partial charge in [0.25, 0.3) is 5.56 Å². The summed E-state index contributed by atoms with van der Waals surface area (Å²) in [7, 11) is 0. The minimum absolute atomic E-state index is 0.0803. The third kappa shape index (κ3) is 3.66. The third-order valence-corrected chi connectivity index (χ3v) is 4.26. The minimum Gasteiger partial charge on any atom is -0.352 e. The molecule has 0 atom stereocenters. The number of hydrogen-bond donors (Lipinski definition) is 2. The first-order valence-corrected chi connectivity index (χ1v) is 8.03. The second-order valence-corrected chi connectivity index (χ2v) is 6.16. The third-order valence-electron chi connectivity index (χ3n) is 3.89. The highest BCUT2D eigenvalue weighted by atomic mass is 35.5. The Labute approximate surface area is 144 Å². The standard InChI is InChI=1S/C19H17ClN2O2/c1-12-8-15-9-13(6-7-17(15)22-19(12)24)11-21-18(23)10-14-4-2-3-5-16(14)20/h2-9H,10-11H2,1H3,(H,21,23)(H,22,24). The van der Waals surface area contributed by atoms with Crippen LogP contribution in [0.15, 0.2) is 53.3 Å². The number of fused-ring (bicyclic) bond motifs is 1. The highest BCUT2D eigenvalue weighted by molar-refractivity contribution is 6.31. The molecule has 0 aliphatic rings. The van der Waals surface area contributed by atoms with Crippen molar-refractivity contribution in [3.05, 3.63) is 80.6 Å². The van der Waals surface area contributed by atoms with E-state index in [2.05, 4.69) is 10.3 Å². The highest BCUT2D eigenvalue weighted by Gasteiger charge is 2.07. The Bertz CT molecular complexity index is 963. The van der Waals surface area contributed by atoms with Crippen molar-refractivity contribution in [3.63, 3.8) is 0 Å². The Kier molecular flexibility index (Phi) is 4.67. The Morgan fingerprint density at radius 1 is 1.17 bits per heavy atom. The van der Waals surface area contributed by atoms with Crippen molar-refractivity contribution in [2.75, 3.05) is 0 Å². The summed E-state index contributed by atoms with van der Waals surface area (Å²) in [5.74, 6) is -0.0825. The van der Waals surface area contributed by atoms with Crippen LogP contribution in [0.4, 0.5) is 0 Å². The van der Waals surface area contributed by atoms with Gasteiger partial charge in [0.2, 0.25) is 5.91 Å². The van der Waals surface area contributed by atoms with E-state index in [1.807, 2.05) is 42.5 Å². The SMILES string of the molecule is Cc1cc2cc(CNC(=O)Cc3ccccc3Cl)ccc2[nH]c1=O. The molecule has 5 heteroatoms. The van der Waals surface area contributed by atoms with Gasteiger partial charge in [0.1, 0.15) is 0 Å². The smallest absolute Gasteiger partial charge is 0.251 e. The number of H-pyrrole nitrogens is 1. The number of hydrogen-bond acceptors (Lipinski definition) is 2. The predicted octanol–water partition coefficient (Wildman–Crippen LogP) is 3.35. The molecule has 3 rings (SSSR count). The number of halogens is 1. The van der Waals surface area contributed by atoms with Crippen molar-refractivity contribution in [1.82, 2.24) is 10.3 Å². The van der Waals surface area contributed by atoms with Gasteiger partial charge in [-0.1, -0.05) is 35.9 Å². The van der Waals surface area contributed by atoms with Crippen LogP contribution in [-0.4, -0.2) is 10.9 Å². The van der Waals surface area contributed by atoms with Crippen molar-refractivity contribution < 1.29 is 4.79 Å². The molecule has 0 spiro atoms. The normalized spacial score (nSPS) is 10.8. The van der Waals surface area contributed by atoms with Gasteiger partial charge < -0.3 is 10.3 Å². The molecule has 0 saturated carbocycles. The zero-order valence-corrected chi connectivity index (χ0v) is 14.0. The molecule has 24 heavy (non-hydrogen) atoms. The van der Waals surface area contributed by atoms with Crippen molar-refractivity contribution in [2.45, 2.75) is 19.9 Å². The van der Waals surface area contributed by atoms with Crippen LogP contribution in [0.2, 0.25) is 5.02 Å². The van der Waals surface area contributed by atoms with Gasteiger partial charge in [0, 0.05) is 22.6 Å².